The molecule has 0 radical (unpaired) electrons. The summed E-state index contributed by atoms with van der Waals surface area (Å²) in [4.78, 5) is 37.7. The molecule has 158 valence electrons. The van der Waals surface area contributed by atoms with Gasteiger partial charge in [-0.2, -0.15) is 13.2 Å². The van der Waals surface area contributed by atoms with E-state index >= 15 is 0 Å². The number of carbonyl (C=O) groups is 2. The van der Waals surface area contributed by atoms with E-state index in [0.29, 0.717) is 10.0 Å². The number of ether oxygens (including phenoxy) is 3. The van der Waals surface area contributed by atoms with Crippen molar-refractivity contribution in [3.8, 4) is 5.75 Å². The van der Waals surface area contributed by atoms with Gasteiger partial charge in [0, 0.05) is 17.0 Å². The molecule has 2 unspecified atom stereocenters. The molecule has 1 aromatic carbocycles. The van der Waals surface area contributed by atoms with Gasteiger partial charge >= 0.3 is 18.1 Å². The minimum Gasteiger partial charge on any atom is -0.475 e. The number of aryl methyl sites for hydroxylation is 1. The van der Waals surface area contributed by atoms with Crippen LogP contribution in [0, 0.1) is 17.0 Å². The molecule has 29 heavy (non-hydrogen) atoms. The molecule has 0 saturated carbocycles. The molecule has 0 bridgehead atoms. The van der Waals surface area contributed by atoms with Crippen molar-refractivity contribution in [2.45, 2.75) is 32.4 Å². The molecular weight excluding hydrogens is 471 g/mol. The molecule has 0 fully saturated rings. The van der Waals surface area contributed by atoms with Gasteiger partial charge in [0.05, 0.1) is 5.57 Å². The molecule has 1 aliphatic heterocycles. The third-order valence-corrected chi connectivity index (χ3v) is 3.94. The first kappa shape index (κ1) is 22.5. The fraction of sp³-hybridized carbons (Fsp3) is 0.375. The lowest BCUT2D eigenvalue weighted by Gasteiger charge is -2.29. The molecule has 0 N–H and O–H groups in total. The molecule has 13 heteroatoms. The summed E-state index contributed by atoms with van der Waals surface area (Å²) in [5.74, 6) is -2.62. The van der Waals surface area contributed by atoms with Gasteiger partial charge in [0.2, 0.25) is 6.10 Å². The molecule has 2 atom stereocenters. The van der Waals surface area contributed by atoms with Crippen LogP contribution in [0.1, 0.15) is 18.1 Å². The Balaban J connectivity index is 2.37. The Morgan fingerprint density at radius 2 is 2.00 bits per heavy atom. The molecule has 0 spiro atoms. The smallest absolute Gasteiger partial charge is 0.430 e. The van der Waals surface area contributed by atoms with Crippen LogP contribution in [-0.2, 0) is 23.9 Å². The summed E-state index contributed by atoms with van der Waals surface area (Å²) >= 11 is 3.19. The fourth-order valence-electron chi connectivity index (χ4n) is 2.44. The van der Waals surface area contributed by atoms with Crippen molar-refractivity contribution in [3.63, 3.8) is 0 Å². The number of nitrogens with zero attached hydrogens (tertiary/aromatic N) is 1. The van der Waals surface area contributed by atoms with E-state index in [1.54, 1.807) is 0 Å². The number of hydrogen-bond donors (Lipinski definition) is 0. The molecule has 0 aliphatic carbocycles. The standard InChI is InChI=1S/C16H13BrF3NO8/c1-7-3-10(17)4-9-5-11(14(16(18,19)20)29-13(7)9)15(23)28-12(27-8(2)22)6-26-21(24)25/h3-5,12,14H,6H2,1-2H3. The van der Waals surface area contributed by atoms with Crippen molar-refractivity contribution < 1.29 is 46.9 Å². The van der Waals surface area contributed by atoms with Crippen LogP contribution in [0.25, 0.3) is 6.08 Å². The minimum absolute atomic E-state index is 0.0692. The number of esters is 2. The zero-order valence-corrected chi connectivity index (χ0v) is 16.4. The van der Waals surface area contributed by atoms with E-state index in [1.165, 1.54) is 19.1 Å². The molecule has 1 aromatic rings. The summed E-state index contributed by atoms with van der Waals surface area (Å²) in [6, 6.07) is 2.97. The highest BCUT2D eigenvalue weighted by atomic mass is 79.9. The predicted molar refractivity (Wildman–Crippen MR) is 91.9 cm³/mol. The number of carbonyl (C=O) groups excluding carboxylic acids is 2. The van der Waals surface area contributed by atoms with Gasteiger partial charge in [0.15, 0.2) is 6.61 Å². The third-order valence-electron chi connectivity index (χ3n) is 3.48. The highest BCUT2D eigenvalue weighted by Crippen LogP contribution is 2.40. The lowest BCUT2D eigenvalue weighted by atomic mass is 9.99. The Labute approximate surface area is 169 Å². The largest absolute Gasteiger partial charge is 0.475 e. The molecule has 2 rings (SSSR count). The van der Waals surface area contributed by atoms with Gasteiger partial charge < -0.3 is 19.0 Å². The first-order chi connectivity index (χ1) is 13.4. The van der Waals surface area contributed by atoms with Crippen LogP contribution < -0.4 is 4.74 Å². The van der Waals surface area contributed by atoms with Gasteiger partial charge in [-0.15, -0.1) is 10.1 Å². The van der Waals surface area contributed by atoms with E-state index < -0.39 is 47.8 Å². The summed E-state index contributed by atoms with van der Waals surface area (Å²) in [5, 5.41) is 9.03. The van der Waals surface area contributed by atoms with E-state index in [1.807, 2.05) is 0 Å². The van der Waals surface area contributed by atoms with Crippen LogP contribution >= 0.6 is 15.9 Å². The molecule has 1 aliphatic rings. The Morgan fingerprint density at radius 1 is 1.34 bits per heavy atom. The maximum Gasteiger partial charge on any atom is 0.430 e. The van der Waals surface area contributed by atoms with E-state index in [4.69, 9.17) is 4.74 Å². The lowest BCUT2D eigenvalue weighted by Crippen LogP contribution is -2.42. The quantitative estimate of drug-likeness (QED) is 0.262. The van der Waals surface area contributed by atoms with E-state index in [9.17, 15) is 32.9 Å². The summed E-state index contributed by atoms with van der Waals surface area (Å²) in [7, 11) is 0. The van der Waals surface area contributed by atoms with Crippen molar-refractivity contribution in [3.05, 3.63) is 43.4 Å². The Kier molecular flexibility index (Phi) is 6.72. The first-order valence-corrected chi connectivity index (χ1v) is 8.58. The zero-order valence-electron chi connectivity index (χ0n) is 14.8. The predicted octanol–water partition coefficient (Wildman–Crippen LogP) is 3.10. The van der Waals surface area contributed by atoms with Gasteiger partial charge in [0.1, 0.15) is 5.75 Å². The third kappa shape index (κ3) is 5.82. The number of hydrogen-bond acceptors (Lipinski definition) is 8. The van der Waals surface area contributed by atoms with Gasteiger partial charge in [-0.3, -0.25) is 4.79 Å². The lowest BCUT2D eigenvalue weighted by molar-refractivity contribution is -0.760. The van der Waals surface area contributed by atoms with Crippen molar-refractivity contribution in [1.29, 1.82) is 0 Å². The normalized spacial score (nSPS) is 16.6. The maximum absolute atomic E-state index is 13.5. The number of alkyl halides is 3. The second kappa shape index (κ2) is 8.68. The van der Waals surface area contributed by atoms with Gasteiger partial charge in [-0.25, -0.2) is 4.79 Å². The summed E-state index contributed by atoms with van der Waals surface area (Å²) < 4.78 is 55.2. The number of benzene rings is 1. The van der Waals surface area contributed by atoms with Crippen LogP contribution in [0.2, 0.25) is 0 Å². The van der Waals surface area contributed by atoms with E-state index in [-0.39, 0.29) is 11.3 Å². The minimum atomic E-state index is -4.98. The average Bonchev–Trinajstić information content (AvgIpc) is 2.57. The van der Waals surface area contributed by atoms with Crippen LogP contribution in [0.5, 0.6) is 5.75 Å². The van der Waals surface area contributed by atoms with Crippen molar-refractivity contribution in [2.24, 2.45) is 0 Å². The Morgan fingerprint density at radius 3 is 2.55 bits per heavy atom. The van der Waals surface area contributed by atoms with Crippen LogP contribution in [0.4, 0.5) is 13.2 Å². The SMILES string of the molecule is CC(=O)OC(CO[N+](=O)[O-])OC(=O)C1=Cc2cc(Br)cc(C)c2OC1C(F)(F)F. The average molecular weight is 484 g/mol. The van der Waals surface area contributed by atoms with E-state index in [2.05, 4.69) is 30.2 Å². The van der Waals surface area contributed by atoms with Gasteiger partial charge in [0.25, 0.3) is 11.4 Å². The van der Waals surface area contributed by atoms with Gasteiger partial charge in [-0.05, 0) is 30.7 Å². The molecule has 9 nitrogen and oxygen atoms in total. The first-order valence-electron chi connectivity index (χ1n) is 7.79. The number of fused-ring (bicyclic) bond motifs is 1. The van der Waals surface area contributed by atoms with Crippen molar-refractivity contribution in [1.82, 2.24) is 0 Å². The maximum atomic E-state index is 13.5. The molecule has 0 saturated heterocycles. The Hall–Kier alpha value is -2.83. The zero-order chi connectivity index (χ0) is 21.9. The molecular formula is C16H13BrF3NO8. The second-order valence-corrected chi connectivity index (χ2v) is 6.66. The molecule has 1 heterocycles. The topological polar surface area (TPSA) is 114 Å². The monoisotopic (exact) mass is 483 g/mol. The number of halogens is 4. The van der Waals surface area contributed by atoms with Crippen LogP contribution in [0.3, 0.4) is 0 Å². The Bertz CT molecular complexity index is 870. The highest BCUT2D eigenvalue weighted by Gasteiger charge is 2.49. The summed E-state index contributed by atoms with van der Waals surface area (Å²) in [6.07, 6.45) is -8.64. The summed E-state index contributed by atoms with van der Waals surface area (Å²) in [6.45, 7) is 1.41. The highest BCUT2D eigenvalue weighted by molar-refractivity contribution is 9.10. The molecule has 0 amide bonds. The second-order valence-electron chi connectivity index (χ2n) is 5.74. The summed E-state index contributed by atoms with van der Waals surface area (Å²) in [5.41, 5.74) is -0.361. The van der Waals surface area contributed by atoms with Crippen molar-refractivity contribution >= 4 is 33.9 Å². The van der Waals surface area contributed by atoms with Gasteiger partial charge in [-0.1, -0.05) is 15.9 Å². The van der Waals surface area contributed by atoms with Crippen LogP contribution in [0.15, 0.2) is 22.2 Å². The van der Waals surface area contributed by atoms with E-state index in [0.717, 1.165) is 13.0 Å². The number of rotatable bonds is 6. The van der Waals surface area contributed by atoms with Crippen molar-refractivity contribution in [2.75, 3.05) is 6.61 Å². The fourth-order valence-corrected chi connectivity index (χ4v) is 3.03. The molecule has 0 aromatic heterocycles. The van der Waals surface area contributed by atoms with Crippen LogP contribution in [-0.4, -0.2) is 42.2 Å².